The van der Waals surface area contributed by atoms with Gasteiger partial charge in [0.25, 0.3) is 5.91 Å². The summed E-state index contributed by atoms with van der Waals surface area (Å²) in [7, 11) is 0. The second kappa shape index (κ2) is 8.39. The molecule has 3 atom stereocenters. The first-order valence-corrected chi connectivity index (χ1v) is 11.2. The van der Waals surface area contributed by atoms with E-state index in [2.05, 4.69) is 5.32 Å². The normalized spacial score (nSPS) is 23.9. The number of fused-ring (bicyclic) bond motifs is 1. The number of anilines is 1. The van der Waals surface area contributed by atoms with Crippen molar-refractivity contribution in [3.8, 4) is 0 Å². The highest BCUT2D eigenvalue weighted by Gasteiger charge is 2.47. The third-order valence-electron chi connectivity index (χ3n) is 6.00. The number of hydrogen-bond acceptors (Lipinski definition) is 3. The molecule has 1 saturated carbocycles. The van der Waals surface area contributed by atoms with Crippen LogP contribution >= 0.6 is 11.8 Å². The second-order valence-electron chi connectivity index (χ2n) is 7.66. The van der Waals surface area contributed by atoms with Crippen molar-refractivity contribution >= 4 is 29.3 Å². The molecule has 2 aromatic carbocycles. The standard InChI is InChI=1S/C23H26N2O2S/c1-28-19-13-11-18(12-14-19)24-22(26)21-15-17-9-5-6-10-20(17)25(21)23(27)16-7-3-2-4-8-16/h2-4,7-8,11-14,17,20-21H,5-6,9-10,15H2,1H3,(H,24,26). The van der Waals surface area contributed by atoms with Crippen LogP contribution < -0.4 is 5.32 Å². The molecule has 2 aromatic rings. The van der Waals surface area contributed by atoms with Crippen LogP contribution in [0, 0.1) is 5.92 Å². The van der Waals surface area contributed by atoms with E-state index < -0.39 is 6.04 Å². The van der Waals surface area contributed by atoms with Crippen molar-refractivity contribution in [1.82, 2.24) is 4.90 Å². The highest BCUT2D eigenvalue weighted by Crippen LogP contribution is 2.40. The molecule has 4 nitrogen and oxygen atoms in total. The summed E-state index contributed by atoms with van der Waals surface area (Å²) in [5.41, 5.74) is 1.45. The lowest BCUT2D eigenvalue weighted by Crippen LogP contribution is -2.47. The Hall–Kier alpha value is -2.27. The number of nitrogens with zero attached hydrogens (tertiary/aromatic N) is 1. The fourth-order valence-electron chi connectivity index (χ4n) is 4.62. The first kappa shape index (κ1) is 19.1. The first-order chi connectivity index (χ1) is 13.7. The van der Waals surface area contributed by atoms with E-state index in [0.29, 0.717) is 11.5 Å². The summed E-state index contributed by atoms with van der Waals surface area (Å²) in [5, 5.41) is 3.04. The van der Waals surface area contributed by atoms with Crippen LogP contribution in [0.15, 0.2) is 59.5 Å². The smallest absolute Gasteiger partial charge is 0.254 e. The highest BCUT2D eigenvalue weighted by atomic mass is 32.2. The monoisotopic (exact) mass is 394 g/mol. The number of rotatable bonds is 4. The summed E-state index contributed by atoms with van der Waals surface area (Å²) in [4.78, 5) is 29.5. The molecule has 146 valence electrons. The number of thioether (sulfide) groups is 1. The number of benzene rings is 2. The average molecular weight is 395 g/mol. The maximum absolute atomic E-state index is 13.3. The van der Waals surface area contributed by atoms with Crippen LogP contribution in [0.1, 0.15) is 42.5 Å². The van der Waals surface area contributed by atoms with Crippen LogP contribution in [0.25, 0.3) is 0 Å². The fraction of sp³-hybridized carbons (Fsp3) is 0.391. The third-order valence-corrected chi connectivity index (χ3v) is 6.75. The lowest BCUT2D eigenvalue weighted by atomic mass is 9.84. The molecule has 2 amide bonds. The molecule has 2 fully saturated rings. The average Bonchev–Trinajstić information content (AvgIpc) is 3.14. The maximum Gasteiger partial charge on any atom is 0.254 e. The van der Waals surface area contributed by atoms with Crippen LogP contribution in [0.4, 0.5) is 5.69 Å². The molecule has 1 saturated heterocycles. The Morgan fingerprint density at radius 1 is 1.00 bits per heavy atom. The molecule has 0 spiro atoms. The molecule has 1 N–H and O–H groups in total. The fourth-order valence-corrected chi connectivity index (χ4v) is 5.02. The Morgan fingerprint density at radius 2 is 1.71 bits per heavy atom. The molecular formula is C23H26N2O2S. The Kier molecular flexibility index (Phi) is 5.72. The summed E-state index contributed by atoms with van der Waals surface area (Å²) in [6.07, 6.45) is 7.22. The van der Waals surface area contributed by atoms with Gasteiger partial charge >= 0.3 is 0 Å². The van der Waals surface area contributed by atoms with E-state index in [4.69, 9.17) is 0 Å². The summed E-state index contributed by atoms with van der Waals surface area (Å²) in [5.74, 6) is 0.333. The van der Waals surface area contributed by atoms with Crippen molar-refractivity contribution in [2.24, 2.45) is 5.92 Å². The van der Waals surface area contributed by atoms with Crippen molar-refractivity contribution in [1.29, 1.82) is 0 Å². The van der Waals surface area contributed by atoms with Crippen molar-refractivity contribution in [2.75, 3.05) is 11.6 Å². The molecule has 0 bridgehead atoms. The quantitative estimate of drug-likeness (QED) is 0.757. The van der Waals surface area contributed by atoms with Gasteiger partial charge in [0.05, 0.1) is 0 Å². The number of hydrogen-bond donors (Lipinski definition) is 1. The van der Waals surface area contributed by atoms with E-state index in [1.165, 1.54) is 6.42 Å². The Morgan fingerprint density at radius 3 is 2.43 bits per heavy atom. The first-order valence-electron chi connectivity index (χ1n) is 10.00. The van der Waals surface area contributed by atoms with E-state index in [0.717, 1.165) is 36.3 Å². The van der Waals surface area contributed by atoms with Crippen LogP contribution in [0.5, 0.6) is 0 Å². The number of nitrogens with one attached hydrogen (secondary N) is 1. The molecule has 0 aromatic heterocycles. The summed E-state index contributed by atoms with van der Waals surface area (Å²) in [6.45, 7) is 0. The van der Waals surface area contributed by atoms with Crippen LogP contribution in [0.2, 0.25) is 0 Å². The number of carbonyl (C=O) groups excluding carboxylic acids is 2. The predicted molar refractivity (Wildman–Crippen MR) is 114 cm³/mol. The molecule has 1 heterocycles. The topological polar surface area (TPSA) is 49.4 Å². The zero-order chi connectivity index (χ0) is 19.5. The summed E-state index contributed by atoms with van der Waals surface area (Å²) in [6, 6.07) is 17.0. The minimum Gasteiger partial charge on any atom is -0.324 e. The van der Waals surface area contributed by atoms with E-state index in [9.17, 15) is 9.59 Å². The molecule has 4 rings (SSSR count). The van der Waals surface area contributed by atoms with Crippen molar-refractivity contribution in [3.63, 3.8) is 0 Å². The van der Waals surface area contributed by atoms with Gasteiger partial charge in [-0.1, -0.05) is 31.0 Å². The van der Waals surface area contributed by atoms with Gasteiger partial charge in [0.1, 0.15) is 6.04 Å². The number of carbonyl (C=O) groups is 2. The van der Waals surface area contributed by atoms with Gasteiger partial charge in [0.15, 0.2) is 0 Å². The van der Waals surface area contributed by atoms with Crippen molar-refractivity contribution in [3.05, 3.63) is 60.2 Å². The Labute approximate surface area is 170 Å². The van der Waals surface area contributed by atoms with E-state index in [1.54, 1.807) is 11.8 Å². The zero-order valence-electron chi connectivity index (χ0n) is 16.1. The molecule has 0 radical (unpaired) electrons. The van der Waals surface area contributed by atoms with Crippen molar-refractivity contribution in [2.45, 2.75) is 49.1 Å². The van der Waals surface area contributed by atoms with Crippen LogP contribution in [-0.2, 0) is 4.79 Å². The lowest BCUT2D eigenvalue weighted by molar-refractivity contribution is -0.120. The van der Waals surface area contributed by atoms with E-state index in [-0.39, 0.29) is 17.9 Å². The van der Waals surface area contributed by atoms with Gasteiger partial charge in [-0.15, -0.1) is 11.8 Å². The summed E-state index contributed by atoms with van der Waals surface area (Å²) >= 11 is 1.67. The second-order valence-corrected chi connectivity index (χ2v) is 8.54. The maximum atomic E-state index is 13.3. The third kappa shape index (κ3) is 3.81. The molecule has 28 heavy (non-hydrogen) atoms. The van der Waals surface area contributed by atoms with Gasteiger partial charge in [-0.3, -0.25) is 9.59 Å². The van der Waals surface area contributed by atoms with E-state index in [1.807, 2.05) is 65.8 Å². The van der Waals surface area contributed by atoms with Gasteiger partial charge in [0.2, 0.25) is 5.91 Å². The van der Waals surface area contributed by atoms with Gasteiger partial charge < -0.3 is 10.2 Å². The van der Waals surface area contributed by atoms with Crippen LogP contribution in [-0.4, -0.2) is 35.1 Å². The Bertz CT molecular complexity index is 837. The van der Waals surface area contributed by atoms with Crippen LogP contribution in [0.3, 0.4) is 0 Å². The minimum absolute atomic E-state index is 0.0205. The minimum atomic E-state index is -0.402. The number of amides is 2. The molecular weight excluding hydrogens is 368 g/mol. The van der Waals surface area contributed by atoms with Gasteiger partial charge in [-0.05, 0) is 67.8 Å². The molecule has 3 unspecified atom stereocenters. The Balaban J connectivity index is 1.57. The lowest BCUT2D eigenvalue weighted by Gasteiger charge is -2.33. The summed E-state index contributed by atoms with van der Waals surface area (Å²) < 4.78 is 0. The largest absolute Gasteiger partial charge is 0.324 e. The zero-order valence-corrected chi connectivity index (χ0v) is 17.0. The van der Waals surface area contributed by atoms with E-state index >= 15 is 0 Å². The SMILES string of the molecule is CSc1ccc(NC(=O)C2CC3CCCCC3N2C(=O)c2ccccc2)cc1. The van der Waals surface area contributed by atoms with Gasteiger partial charge in [0, 0.05) is 22.2 Å². The molecule has 2 aliphatic rings. The molecule has 1 aliphatic carbocycles. The number of likely N-dealkylation sites (tertiary alicyclic amines) is 1. The van der Waals surface area contributed by atoms with Crippen molar-refractivity contribution < 1.29 is 9.59 Å². The predicted octanol–water partition coefficient (Wildman–Crippen LogP) is 4.82. The molecule has 5 heteroatoms. The van der Waals surface area contributed by atoms with Gasteiger partial charge in [-0.25, -0.2) is 0 Å². The highest BCUT2D eigenvalue weighted by molar-refractivity contribution is 7.98. The molecule has 1 aliphatic heterocycles. The van der Waals surface area contributed by atoms with Gasteiger partial charge in [-0.2, -0.15) is 0 Å².